The smallest absolute Gasteiger partial charge is 0.0417 e. The van der Waals surface area contributed by atoms with E-state index in [2.05, 4.69) is 20.8 Å². The van der Waals surface area contributed by atoms with Crippen LogP contribution < -0.4 is 0 Å². The van der Waals surface area contributed by atoms with Crippen LogP contribution in [-0.4, -0.2) is 0 Å². The van der Waals surface area contributed by atoms with Gasteiger partial charge in [0.2, 0.25) is 0 Å². The van der Waals surface area contributed by atoms with Gasteiger partial charge < -0.3 is 0 Å². The van der Waals surface area contributed by atoms with E-state index in [1.165, 1.54) is 77.0 Å². The molecule has 0 amide bonds. The van der Waals surface area contributed by atoms with E-state index in [4.69, 9.17) is 0 Å². The lowest BCUT2D eigenvalue weighted by Gasteiger charge is -2.12. The van der Waals surface area contributed by atoms with Crippen LogP contribution in [0.1, 0.15) is 97.3 Å². The third-order valence-electron chi connectivity index (χ3n) is 3.91. The molecule has 0 heterocycles. The van der Waals surface area contributed by atoms with Crippen molar-refractivity contribution >= 4 is 0 Å². The van der Waals surface area contributed by atoms with E-state index >= 15 is 0 Å². The second-order valence-electron chi connectivity index (χ2n) is 5.53. The van der Waals surface area contributed by atoms with Crippen LogP contribution in [0.5, 0.6) is 0 Å². The summed E-state index contributed by atoms with van der Waals surface area (Å²) >= 11 is 0. The molecule has 0 rings (SSSR count). The maximum Gasteiger partial charge on any atom is -0.0417 e. The first-order valence-electron chi connectivity index (χ1n) is 8.14. The van der Waals surface area contributed by atoms with Crippen molar-refractivity contribution in [2.24, 2.45) is 5.92 Å². The minimum Gasteiger partial charge on any atom is -0.0654 e. The van der Waals surface area contributed by atoms with Gasteiger partial charge in [-0.2, -0.15) is 0 Å². The fraction of sp³-hybridized carbons (Fsp3) is 0.941. The molecule has 0 bridgehead atoms. The molecule has 17 heavy (non-hydrogen) atoms. The standard InChI is InChI=1S/C17H35/c1-4-7-8-9-10-11-12-13-14-16-17(6-3)15-5-2/h17H,2,4-16H2,1,3H3. The Hall–Kier alpha value is 0. The van der Waals surface area contributed by atoms with Gasteiger partial charge in [-0.25, -0.2) is 0 Å². The van der Waals surface area contributed by atoms with E-state index in [0.717, 1.165) is 12.3 Å². The summed E-state index contributed by atoms with van der Waals surface area (Å²) in [7, 11) is 0. The molecule has 1 radical (unpaired) electrons. The zero-order valence-corrected chi connectivity index (χ0v) is 12.5. The predicted molar refractivity (Wildman–Crippen MR) is 80.2 cm³/mol. The summed E-state index contributed by atoms with van der Waals surface area (Å²) in [5.74, 6) is 0.956. The lowest BCUT2D eigenvalue weighted by molar-refractivity contribution is 0.413. The summed E-state index contributed by atoms with van der Waals surface area (Å²) < 4.78 is 0. The Morgan fingerprint density at radius 2 is 1.24 bits per heavy atom. The first-order valence-corrected chi connectivity index (χ1v) is 8.14. The average Bonchev–Trinajstić information content (AvgIpc) is 2.35. The fourth-order valence-electron chi connectivity index (χ4n) is 2.58. The summed E-state index contributed by atoms with van der Waals surface area (Å²) in [6.45, 7) is 8.58. The molecule has 0 heteroatoms. The molecule has 0 nitrogen and oxygen atoms in total. The average molecular weight is 239 g/mol. The zero-order chi connectivity index (χ0) is 12.8. The van der Waals surface area contributed by atoms with Gasteiger partial charge >= 0.3 is 0 Å². The Morgan fingerprint density at radius 3 is 1.71 bits per heavy atom. The van der Waals surface area contributed by atoms with Gasteiger partial charge in [-0.1, -0.05) is 104 Å². The monoisotopic (exact) mass is 239 g/mol. The molecule has 0 saturated heterocycles. The fourth-order valence-corrected chi connectivity index (χ4v) is 2.58. The topological polar surface area (TPSA) is 0 Å². The molecule has 0 spiro atoms. The number of rotatable bonds is 13. The van der Waals surface area contributed by atoms with Crippen molar-refractivity contribution in [3.8, 4) is 0 Å². The van der Waals surface area contributed by atoms with Gasteiger partial charge in [-0.3, -0.25) is 0 Å². The van der Waals surface area contributed by atoms with E-state index in [0.29, 0.717) is 0 Å². The van der Waals surface area contributed by atoms with E-state index in [-0.39, 0.29) is 0 Å². The van der Waals surface area contributed by atoms with Crippen LogP contribution in [0, 0.1) is 12.8 Å². The first kappa shape index (κ1) is 17.0. The van der Waals surface area contributed by atoms with Crippen LogP contribution in [0.15, 0.2) is 0 Å². The van der Waals surface area contributed by atoms with Crippen LogP contribution in [0.3, 0.4) is 0 Å². The van der Waals surface area contributed by atoms with Crippen molar-refractivity contribution in [3.63, 3.8) is 0 Å². The molecule has 0 aromatic carbocycles. The summed E-state index contributed by atoms with van der Waals surface area (Å²) in [5, 5.41) is 0. The Morgan fingerprint density at radius 1 is 0.706 bits per heavy atom. The van der Waals surface area contributed by atoms with E-state index in [1.54, 1.807) is 0 Å². The van der Waals surface area contributed by atoms with Gasteiger partial charge in [0.05, 0.1) is 0 Å². The van der Waals surface area contributed by atoms with Crippen LogP contribution >= 0.6 is 0 Å². The summed E-state index contributed by atoms with van der Waals surface area (Å²) in [6, 6.07) is 0. The lowest BCUT2D eigenvalue weighted by atomic mass is 9.94. The van der Waals surface area contributed by atoms with Gasteiger partial charge in [-0.05, 0) is 5.92 Å². The van der Waals surface area contributed by atoms with Crippen LogP contribution in [0.2, 0.25) is 0 Å². The highest BCUT2D eigenvalue weighted by molar-refractivity contribution is 4.59. The van der Waals surface area contributed by atoms with Crippen molar-refractivity contribution in [2.45, 2.75) is 97.3 Å². The first-order chi connectivity index (χ1) is 8.35. The van der Waals surface area contributed by atoms with Crippen LogP contribution in [0.4, 0.5) is 0 Å². The van der Waals surface area contributed by atoms with Crippen molar-refractivity contribution in [1.29, 1.82) is 0 Å². The third kappa shape index (κ3) is 12.2. The van der Waals surface area contributed by atoms with Gasteiger partial charge in [-0.15, -0.1) is 0 Å². The van der Waals surface area contributed by atoms with Crippen molar-refractivity contribution < 1.29 is 0 Å². The molecule has 0 aromatic heterocycles. The Labute approximate surface area is 111 Å². The van der Waals surface area contributed by atoms with Gasteiger partial charge in [0, 0.05) is 0 Å². The van der Waals surface area contributed by atoms with E-state index in [9.17, 15) is 0 Å². The second kappa shape index (κ2) is 14.1. The SMILES string of the molecule is [CH2]CCC(CC)CCCCCCCCCCC. The quantitative estimate of drug-likeness (QED) is 0.320. The van der Waals surface area contributed by atoms with Gasteiger partial charge in [0.1, 0.15) is 0 Å². The maximum absolute atomic E-state index is 3.97. The molecule has 0 saturated carbocycles. The number of hydrogen-bond acceptors (Lipinski definition) is 0. The molecule has 0 aromatic rings. The van der Waals surface area contributed by atoms with Crippen molar-refractivity contribution in [3.05, 3.63) is 6.92 Å². The summed E-state index contributed by atoms with van der Waals surface area (Å²) in [5.41, 5.74) is 0. The van der Waals surface area contributed by atoms with Crippen LogP contribution in [-0.2, 0) is 0 Å². The minimum absolute atomic E-state index is 0.956. The Bertz CT molecular complexity index is 128. The molecule has 0 aliphatic rings. The maximum atomic E-state index is 3.97. The normalized spacial score (nSPS) is 12.9. The summed E-state index contributed by atoms with van der Waals surface area (Å²) in [4.78, 5) is 0. The van der Waals surface area contributed by atoms with Crippen molar-refractivity contribution in [2.75, 3.05) is 0 Å². The molecular weight excluding hydrogens is 204 g/mol. The number of hydrogen-bond donors (Lipinski definition) is 0. The second-order valence-corrected chi connectivity index (χ2v) is 5.53. The largest absolute Gasteiger partial charge is 0.0654 e. The van der Waals surface area contributed by atoms with E-state index < -0.39 is 0 Å². The van der Waals surface area contributed by atoms with Crippen LogP contribution in [0.25, 0.3) is 0 Å². The molecule has 1 unspecified atom stereocenters. The molecular formula is C17H35. The molecule has 0 N–H and O–H groups in total. The van der Waals surface area contributed by atoms with Crippen molar-refractivity contribution in [1.82, 2.24) is 0 Å². The van der Waals surface area contributed by atoms with Gasteiger partial charge in [0.25, 0.3) is 0 Å². The molecule has 1 atom stereocenters. The Balaban J connectivity index is 3.11. The molecule has 0 fully saturated rings. The highest BCUT2D eigenvalue weighted by Gasteiger charge is 2.03. The zero-order valence-electron chi connectivity index (χ0n) is 12.5. The third-order valence-corrected chi connectivity index (χ3v) is 3.91. The Kier molecular flexibility index (Phi) is 14.1. The minimum atomic E-state index is 0.956. The van der Waals surface area contributed by atoms with Gasteiger partial charge in [0.15, 0.2) is 0 Å². The predicted octanol–water partition coefficient (Wildman–Crippen LogP) is 6.55. The highest BCUT2D eigenvalue weighted by atomic mass is 14.1. The highest BCUT2D eigenvalue weighted by Crippen LogP contribution is 2.19. The number of unbranched alkanes of at least 4 members (excludes halogenated alkanes) is 8. The molecule has 0 aliphatic heterocycles. The lowest BCUT2D eigenvalue weighted by Crippen LogP contribution is -1.98. The van der Waals surface area contributed by atoms with E-state index in [1.807, 2.05) is 0 Å². The molecule has 0 aliphatic carbocycles. The summed E-state index contributed by atoms with van der Waals surface area (Å²) in [6.07, 6.45) is 18.3. The molecule has 103 valence electrons.